The first kappa shape index (κ1) is 46.9. The largest absolute Gasteiger partial charge is 0.490 e. The molecular weight excluding hydrogens is 721 g/mol. The van der Waals surface area contributed by atoms with Gasteiger partial charge in [0, 0.05) is 0 Å². The first-order chi connectivity index (χ1) is 25.6. The highest BCUT2D eigenvalue weighted by Gasteiger charge is 2.19. The predicted octanol–water partition coefficient (Wildman–Crippen LogP) is 9.05. The molecule has 2 rings (SSSR count). The maximum atomic E-state index is 12.0. The fourth-order valence-corrected chi connectivity index (χ4v) is 7.31. The molecule has 13 heteroatoms. The average molecular weight is 787 g/mol. The number of rotatable bonds is 34. The standard InChI is InChI=1S/C40H66O11S2/c1-3-5-7-9-11-13-15-17-19-35-21-23-37(39(33-35)52(41,42)43)50-31-29-48-27-25-47-26-28-49-30-32-51-38-24-22-36(34-40(38)53(44,45)46)20-18-16-14-12-10-8-6-4-2/h21-24,33-34H,3-20,25-32H2,1-2H3,(H,41,42,43)(H,44,45,46). The summed E-state index contributed by atoms with van der Waals surface area (Å²) in [5.41, 5.74) is 1.70. The van der Waals surface area contributed by atoms with E-state index in [9.17, 15) is 25.9 Å². The Kier molecular flexibility index (Phi) is 24.9. The number of ether oxygens (including phenoxy) is 5. The molecule has 0 aliphatic carbocycles. The second-order valence-corrected chi connectivity index (χ2v) is 16.3. The third-order valence-corrected chi connectivity index (χ3v) is 10.7. The normalized spacial score (nSPS) is 12.0. The Balaban J connectivity index is 1.56. The zero-order chi connectivity index (χ0) is 38.6. The second kappa shape index (κ2) is 28.2. The van der Waals surface area contributed by atoms with E-state index >= 15 is 0 Å². The van der Waals surface area contributed by atoms with Crippen LogP contribution in [0.3, 0.4) is 0 Å². The van der Waals surface area contributed by atoms with E-state index in [1.54, 1.807) is 12.1 Å². The maximum Gasteiger partial charge on any atom is 0.298 e. The van der Waals surface area contributed by atoms with Gasteiger partial charge < -0.3 is 23.7 Å². The zero-order valence-electron chi connectivity index (χ0n) is 32.2. The van der Waals surface area contributed by atoms with Gasteiger partial charge in [-0.2, -0.15) is 16.8 Å². The van der Waals surface area contributed by atoms with E-state index in [0.717, 1.165) is 49.7 Å². The zero-order valence-corrected chi connectivity index (χ0v) is 33.9. The lowest BCUT2D eigenvalue weighted by molar-refractivity contribution is 0.00473. The Morgan fingerprint density at radius 3 is 1.06 bits per heavy atom. The molecule has 0 aromatic heterocycles. The predicted molar refractivity (Wildman–Crippen MR) is 209 cm³/mol. The number of benzene rings is 2. The minimum Gasteiger partial charge on any atom is -0.490 e. The van der Waals surface area contributed by atoms with Crippen molar-refractivity contribution in [3.63, 3.8) is 0 Å². The lowest BCUT2D eigenvalue weighted by Crippen LogP contribution is -2.15. The Morgan fingerprint density at radius 1 is 0.434 bits per heavy atom. The summed E-state index contributed by atoms with van der Waals surface area (Å²) in [4.78, 5) is -0.464. The molecule has 0 saturated heterocycles. The summed E-state index contributed by atoms with van der Waals surface area (Å²) >= 11 is 0. The van der Waals surface area contributed by atoms with Gasteiger partial charge in [0.25, 0.3) is 20.2 Å². The second-order valence-electron chi connectivity index (χ2n) is 13.5. The third kappa shape index (κ3) is 22.0. The van der Waals surface area contributed by atoms with E-state index in [2.05, 4.69) is 13.8 Å². The molecule has 53 heavy (non-hydrogen) atoms. The van der Waals surface area contributed by atoms with Gasteiger partial charge >= 0.3 is 0 Å². The van der Waals surface area contributed by atoms with Gasteiger partial charge in [-0.15, -0.1) is 0 Å². The van der Waals surface area contributed by atoms with Gasteiger partial charge in [-0.05, 0) is 61.1 Å². The van der Waals surface area contributed by atoms with Gasteiger partial charge in [0.05, 0.1) is 39.6 Å². The number of hydrogen-bond acceptors (Lipinski definition) is 9. The summed E-state index contributed by atoms with van der Waals surface area (Å²) in [7, 11) is -8.88. The lowest BCUT2D eigenvalue weighted by atomic mass is 10.0. The summed E-state index contributed by atoms with van der Waals surface area (Å²) in [6.45, 7) is 6.23. The average Bonchev–Trinajstić information content (AvgIpc) is 3.12. The summed E-state index contributed by atoms with van der Waals surface area (Å²) in [6.07, 6.45) is 20.5. The molecule has 0 amide bonds. The van der Waals surface area contributed by atoms with E-state index in [0.29, 0.717) is 26.4 Å². The van der Waals surface area contributed by atoms with E-state index < -0.39 is 20.2 Å². The van der Waals surface area contributed by atoms with Gasteiger partial charge in [-0.1, -0.05) is 116 Å². The van der Waals surface area contributed by atoms with Crippen molar-refractivity contribution < 1.29 is 49.6 Å². The van der Waals surface area contributed by atoms with Crippen LogP contribution < -0.4 is 9.47 Å². The summed E-state index contributed by atoms with van der Waals surface area (Å²) < 4.78 is 95.2. The van der Waals surface area contributed by atoms with Crippen molar-refractivity contribution >= 4 is 20.2 Å². The van der Waals surface area contributed by atoms with Crippen LogP contribution in [0.1, 0.15) is 128 Å². The van der Waals surface area contributed by atoms with Crippen LogP contribution in [0, 0.1) is 0 Å². The Bertz CT molecular complexity index is 1350. The highest BCUT2D eigenvalue weighted by molar-refractivity contribution is 7.86. The van der Waals surface area contributed by atoms with Crippen molar-refractivity contribution in [2.24, 2.45) is 0 Å². The Labute approximate surface area is 320 Å². The highest BCUT2D eigenvalue weighted by Crippen LogP contribution is 2.27. The van der Waals surface area contributed by atoms with Crippen LogP contribution in [0.5, 0.6) is 11.5 Å². The molecular formula is C40H66O11S2. The van der Waals surface area contributed by atoms with E-state index in [-0.39, 0.29) is 47.7 Å². The number of hydrogen-bond donors (Lipinski definition) is 2. The maximum absolute atomic E-state index is 12.0. The van der Waals surface area contributed by atoms with Crippen LogP contribution in [-0.2, 0) is 47.3 Å². The first-order valence-corrected chi connectivity index (χ1v) is 22.6. The van der Waals surface area contributed by atoms with Gasteiger partial charge in [0.2, 0.25) is 0 Å². The van der Waals surface area contributed by atoms with Crippen LogP contribution in [0.15, 0.2) is 46.2 Å². The van der Waals surface area contributed by atoms with Crippen molar-refractivity contribution in [3.8, 4) is 11.5 Å². The van der Waals surface area contributed by atoms with Crippen molar-refractivity contribution in [1.82, 2.24) is 0 Å². The van der Waals surface area contributed by atoms with Crippen LogP contribution >= 0.6 is 0 Å². The molecule has 0 atom stereocenters. The molecule has 0 aliphatic heterocycles. The quantitative estimate of drug-likeness (QED) is 0.0516. The van der Waals surface area contributed by atoms with E-state index in [1.165, 1.54) is 89.2 Å². The summed E-state index contributed by atoms with van der Waals surface area (Å²) in [5.74, 6) is 0.182. The Morgan fingerprint density at radius 2 is 0.736 bits per heavy atom. The molecule has 0 heterocycles. The lowest BCUT2D eigenvalue weighted by Gasteiger charge is -2.12. The summed E-state index contributed by atoms with van der Waals surface area (Å²) in [5, 5.41) is 0. The van der Waals surface area contributed by atoms with Crippen molar-refractivity contribution in [1.29, 1.82) is 0 Å². The minimum absolute atomic E-state index is 0.0912. The third-order valence-electron chi connectivity index (χ3n) is 8.92. The number of unbranched alkanes of at least 4 members (excludes halogenated alkanes) is 14. The summed E-state index contributed by atoms with van der Waals surface area (Å²) in [6, 6.07) is 9.81. The molecule has 0 unspecified atom stereocenters. The molecule has 0 bridgehead atoms. The molecule has 0 spiro atoms. The van der Waals surface area contributed by atoms with Crippen LogP contribution in [-0.4, -0.2) is 78.8 Å². The molecule has 0 fully saturated rings. The van der Waals surface area contributed by atoms with E-state index in [4.69, 9.17) is 23.7 Å². The molecule has 0 radical (unpaired) electrons. The SMILES string of the molecule is CCCCCCCCCCc1ccc(OCCOCCOCCOCCOc2ccc(CCCCCCCCCC)cc2S(=O)(=O)O)c(S(=O)(=O)O)c1. The van der Waals surface area contributed by atoms with Gasteiger partial charge in [0.1, 0.15) is 34.5 Å². The van der Waals surface area contributed by atoms with Crippen molar-refractivity contribution in [2.45, 2.75) is 139 Å². The van der Waals surface area contributed by atoms with Crippen LogP contribution in [0.4, 0.5) is 0 Å². The van der Waals surface area contributed by atoms with Crippen LogP contribution in [0.25, 0.3) is 0 Å². The molecule has 0 aliphatic rings. The fraction of sp³-hybridized carbons (Fsp3) is 0.700. The fourth-order valence-electron chi connectivity index (χ4n) is 5.95. The van der Waals surface area contributed by atoms with Crippen molar-refractivity contribution in [2.75, 3.05) is 52.9 Å². The minimum atomic E-state index is -4.44. The molecule has 2 aromatic carbocycles. The van der Waals surface area contributed by atoms with E-state index in [1.807, 2.05) is 12.1 Å². The number of aryl methyl sites for hydroxylation is 2. The van der Waals surface area contributed by atoms with Crippen molar-refractivity contribution in [3.05, 3.63) is 47.5 Å². The Hall–Kier alpha value is -2.26. The van der Waals surface area contributed by atoms with Crippen LogP contribution in [0.2, 0.25) is 0 Å². The highest BCUT2D eigenvalue weighted by atomic mass is 32.2. The topological polar surface area (TPSA) is 155 Å². The molecule has 2 N–H and O–H groups in total. The molecule has 2 aromatic rings. The van der Waals surface area contributed by atoms with Gasteiger partial charge in [0.15, 0.2) is 0 Å². The molecule has 304 valence electrons. The van der Waals surface area contributed by atoms with Gasteiger partial charge in [-0.25, -0.2) is 0 Å². The van der Waals surface area contributed by atoms with Gasteiger partial charge in [-0.3, -0.25) is 9.11 Å². The molecule has 0 saturated carbocycles. The smallest absolute Gasteiger partial charge is 0.298 e. The first-order valence-electron chi connectivity index (χ1n) is 19.8. The molecule has 11 nitrogen and oxygen atoms in total. The monoisotopic (exact) mass is 786 g/mol.